The third-order valence-corrected chi connectivity index (χ3v) is 3.92. The minimum atomic E-state index is 0.531. The van der Waals surface area contributed by atoms with E-state index in [9.17, 15) is 0 Å². The molecule has 0 atom stereocenters. The molecule has 3 nitrogen and oxygen atoms in total. The molecule has 2 N–H and O–H groups in total. The minimum Gasteiger partial charge on any atom is -0.384 e. The normalized spacial score (nSPS) is 26.2. The molecule has 16 heavy (non-hydrogen) atoms. The van der Waals surface area contributed by atoms with E-state index in [2.05, 4.69) is 18.9 Å². The van der Waals surface area contributed by atoms with Gasteiger partial charge in [-0.15, -0.1) is 0 Å². The number of nitrogens with zero attached hydrogens (tertiary/aromatic N) is 2. The Morgan fingerprint density at radius 1 is 1.31 bits per heavy atom. The number of hydrogen-bond acceptors (Lipinski definition) is 2. The van der Waals surface area contributed by atoms with Crippen molar-refractivity contribution in [3.63, 3.8) is 0 Å². The van der Waals surface area contributed by atoms with Crippen LogP contribution in [0.15, 0.2) is 6.07 Å². The molecule has 90 valence electrons. The van der Waals surface area contributed by atoms with Crippen LogP contribution in [0.5, 0.6) is 0 Å². The van der Waals surface area contributed by atoms with E-state index in [1.807, 2.05) is 17.7 Å². The van der Waals surface area contributed by atoms with Gasteiger partial charge in [-0.3, -0.25) is 0 Å². The van der Waals surface area contributed by atoms with Gasteiger partial charge in [0.2, 0.25) is 0 Å². The number of hydrogen-bond donors (Lipinski definition) is 1. The van der Waals surface area contributed by atoms with Crippen molar-refractivity contribution < 1.29 is 0 Å². The van der Waals surface area contributed by atoms with Crippen molar-refractivity contribution in [3.05, 3.63) is 11.8 Å². The van der Waals surface area contributed by atoms with Crippen molar-refractivity contribution in [1.82, 2.24) is 9.78 Å². The van der Waals surface area contributed by atoms with Gasteiger partial charge < -0.3 is 5.73 Å². The molecule has 1 heterocycles. The second-order valence-corrected chi connectivity index (χ2v) is 5.47. The molecular weight excluding hydrogens is 198 g/mol. The molecule has 0 saturated heterocycles. The quantitative estimate of drug-likeness (QED) is 0.833. The van der Waals surface area contributed by atoms with Crippen LogP contribution in [0.1, 0.15) is 51.3 Å². The summed E-state index contributed by atoms with van der Waals surface area (Å²) in [6, 6.07) is 2.50. The van der Waals surface area contributed by atoms with Gasteiger partial charge in [-0.05, 0) is 44.4 Å². The van der Waals surface area contributed by atoms with Crippen LogP contribution in [0.25, 0.3) is 0 Å². The summed E-state index contributed by atoms with van der Waals surface area (Å²) in [4.78, 5) is 0. The van der Waals surface area contributed by atoms with E-state index in [1.165, 1.54) is 25.7 Å². The molecule has 1 aliphatic rings. The first-order valence-corrected chi connectivity index (χ1v) is 6.39. The zero-order chi connectivity index (χ0) is 11.7. The molecule has 1 aromatic heterocycles. The Morgan fingerprint density at radius 2 is 1.94 bits per heavy atom. The summed E-state index contributed by atoms with van der Waals surface area (Å²) in [6.45, 7) is 6.67. The average Bonchev–Trinajstić information content (AvgIpc) is 2.58. The van der Waals surface area contributed by atoms with E-state index < -0.39 is 0 Å². The summed E-state index contributed by atoms with van der Waals surface area (Å²) in [6.07, 6.45) is 5.10. The number of rotatable bonds is 2. The highest BCUT2D eigenvalue weighted by atomic mass is 15.3. The zero-order valence-electron chi connectivity index (χ0n) is 10.6. The molecule has 0 spiro atoms. The number of nitrogens with two attached hydrogens (primary N) is 1. The van der Waals surface area contributed by atoms with Gasteiger partial charge in [-0.2, -0.15) is 5.10 Å². The Hall–Kier alpha value is -0.990. The van der Waals surface area contributed by atoms with Crippen molar-refractivity contribution in [2.24, 2.45) is 11.8 Å². The van der Waals surface area contributed by atoms with Gasteiger partial charge in [0.05, 0.1) is 11.7 Å². The Kier molecular flexibility index (Phi) is 3.22. The molecule has 3 heteroatoms. The monoisotopic (exact) mass is 221 g/mol. The van der Waals surface area contributed by atoms with Crippen molar-refractivity contribution in [2.45, 2.75) is 52.5 Å². The fourth-order valence-electron chi connectivity index (χ4n) is 2.84. The lowest BCUT2D eigenvalue weighted by molar-refractivity contribution is 0.218. The van der Waals surface area contributed by atoms with Crippen molar-refractivity contribution in [3.8, 4) is 0 Å². The van der Waals surface area contributed by atoms with Crippen LogP contribution in [0.4, 0.5) is 5.82 Å². The van der Waals surface area contributed by atoms with E-state index in [0.29, 0.717) is 6.04 Å². The molecule has 0 aliphatic heterocycles. The first-order chi connectivity index (χ1) is 7.58. The highest BCUT2D eigenvalue weighted by Gasteiger charge is 2.25. The predicted octanol–water partition coefficient (Wildman–Crippen LogP) is 3.16. The molecule has 0 unspecified atom stereocenters. The SMILES string of the molecule is Cc1cc(N)n(C2CCC(C(C)C)CC2)n1. The summed E-state index contributed by atoms with van der Waals surface area (Å²) in [5, 5.41) is 4.50. The maximum atomic E-state index is 5.97. The molecule has 1 fully saturated rings. The van der Waals surface area contributed by atoms with Crippen molar-refractivity contribution >= 4 is 5.82 Å². The van der Waals surface area contributed by atoms with E-state index in [1.54, 1.807) is 0 Å². The summed E-state index contributed by atoms with van der Waals surface area (Å²) in [7, 11) is 0. The van der Waals surface area contributed by atoms with Crippen LogP contribution in [-0.4, -0.2) is 9.78 Å². The maximum Gasteiger partial charge on any atom is 0.122 e. The summed E-state index contributed by atoms with van der Waals surface area (Å²) >= 11 is 0. The molecule has 0 aromatic carbocycles. The Labute approximate surface area is 98.0 Å². The van der Waals surface area contributed by atoms with Crippen LogP contribution in [-0.2, 0) is 0 Å². The smallest absolute Gasteiger partial charge is 0.122 e. The first kappa shape index (κ1) is 11.5. The van der Waals surface area contributed by atoms with Crippen LogP contribution >= 0.6 is 0 Å². The van der Waals surface area contributed by atoms with E-state index in [-0.39, 0.29) is 0 Å². The molecule has 1 aliphatic carbocycles. The highest BCUT2D eigenvalue weighted by molar-refractivity contribution is 5.30. The fraction of sp³-hybridized carbons (Fsp3) is 0.769. The number of anilines is 1. The Balaban J connectivity index is 2.01. The third kappa shape index (κ3) is 2.23. The van der Waals surface area contributed by atoms with Gasteiger partial charge in [-0.25, -0.2) is 4.68 Å². The predicted molar refractivity (Wildman–Crippen MR) is 67.2 cm³/mol. The number of aryl methyl sites for hydroxylation is 1. The summed E-state index contributed by atoms with van der Waals surface area (Å²) in [5.74, 6) is 2.54. The zero-order valence-corrected chi connectivity index (χ0v) is 10.6. The number of nitrogen functional groups attached to an aromatic ring is 1. The third-order valence-electron chi connectivity index (χ3n) is 3.92. The molecule has 2 rings (SSSR count). The fourth-order valence-corrected chi connectivity index (χ4v) is 2.84. The highest BCUT2D eigenvalue weighted by Crippen LogP contribution is 2.36. The minimum absolute atomic E-state index is 0.531. The summed E-state index contributed by atoms with van der Waals surface area (Å²) < 4.78 is 2.03. The van der Waals surface area contributed by atoms with Gasteiger partial charge >= 0.3 is 0 Å². The average molecular weight is 221 g/mol. The second-order valence-electron chi connectivity index (χ2n) is 5.47. The van der Waals surface area contributed by atoms with Crippen LogP contribution in [0.3, 0.4) is 0 Å². The molecule has 1 saturated carbocycles. The molecule has 1 aromatic rings. The lowest BCUT2D eigenvalue weighted by Gasteiger charge is -2.31. The van der Waals surface area contributed by atoms with Gasteiger partial charge in [0, 0.05) is 6.07 Å². The van der Waals surface area contributed by atoms with Gasteiger partial charge in [0.25, 0.3) is 0 Å². The maximum absolute atomic E-state index is 5.97. The molecule has 0 bridgehead atoms. The molecule has 0 amide bonds. The van der Waals surface area contributed by atoms with E-state index >= 15 is 0 Å². The van der Waals surface area contributed by atoms with E-state index in [4.69, 9.17) is 5.73 Å². The van der Waals surface area contributed by atoms with Crippen LogP contribution in [0.2, 0.25) is 0 Å². The van der Waals surface area contributed by atoms with Gasteiger partial charge in [0.1, 0.15) is 5.82 Å². The van der Waals surface area contributed by atoms with Crippen molar-refractivity contribution in [1.29, 1.82) is 0 Å². The first-order valence-electron chi connectivity index (χ1n) is 6.39. The van der Waals surface area contributed by atoms with Crippen molar-refractivity contribution in [2.75, 3.05) is 5.73 Å². The lowest BCUT2D eigenvalue weighted by Crippen LogP contribution is -2.22. The Morgan fingerprint density at radius 3 is 2.38 bits per heavy atom. The van der Waals surface area contributed by atoms with Gasteiger partial charge in [0.15, 0.2) is 0 Å². The standard InChI is InChI=1S/C13H23N3/c1-9(2)11-4-6-12(7-5-11)16-13(14)8-10(3)15-16/h8-9,11-12H,4-7,14H2,1-3H3. The molecular formula is C13H23N3. The van der Waals surface area contributed by atoms with Crippen LogP contribution in [0, 0.1) is 18.8 Å². The number of aromatic nitrogens is 2. The summed E-state index contributed by atoms with van der Waals surface area (Å²) in [5.41, 5.74) is 7.00. The topological polar surface area (TPSA) is 43.8 Å². The van der Waals surface area contributed by atoms with E-state index in [0.717, 1.165) is 23.3 Å². The van der Waals surface area contributed by atoms with Crippen LogP contribution < -0.4 is 5.73 Å². The largest absolute Gasteiger partial charge is 0.384 e. The second kappa shape index (κ2) is 4.48. The lowest BCUT2D eigenvalue weighted by atomic mass is 9.80. The molecule has 0 radical (unpaired) electrons. The Bertz CT molecular complexity index is 346. The van der Waals surface area contributed by atoms with Gasteiger partial charge in [-0.1, -0.05) is 13.8 Å².